The molecule has 1 aliphatic rings. The summed E-state index contributed by atoms with van der Waals surface area (Å²) in [6, 6.07) is 21.9. The first-order valence-electron chi connectivity index (χ1n) is 10.4. The van der Waals surface area contributed by atoms with Gasteiger partial charge in [0, 0.05) is 31.9 Å². The second-order valence-corrected chi connectivity index (χ2v) is 9.33. The summed E-state index contributed by atoms with van der Waals surface area (Å²) in [6.45, 7) is 4.52. The molecule has 5 heteroatoms. The van der Waals surface area contributed by atoms with Crippen LogP contribution < -0.4 is 5.32 Å². The number of benzene rings is 3. The van der Waals surface area contributed by atoms with E-state index >= 15 is 0 Å². The normalized spacial score (nSPS) is 13.2. The van der Waals surface area contributed by atoms with Gasteiger partial charge in [-0.25, -0.2) is 4.99 Å². The summed E-state index contributed by atoms with van der Waals surface area (Å²) >= 11 is 5.21. The van der Waals surface area contributed by atoms with Crippen LogP contribution in [0.1, 0.15) is 35.3 Å². The SMILES string of the molecule is C/C=C\C=C(/C)C1=Nc2cc(C(=O)NCc3ccccc3Br)ccc2Sc2ccccc21. The second kappa shape index (κ2) is 10.2. The molecule has 0 fully saturated rings. The Hall–Kier alpha value is -2.89. The van der Waals surface area contributed by atoms with Gasteiger partial charge in [-0.3, -0.25) is 4.79 Å². The number of allylic oxidation sites excluding steroid dienone is 4. The fraction of sp³-hybridized carbons (Fsp3) is 0.111. The molecule has 3 nitrogen and oxygen atoms in total. The van der Waals surface area contributed by atoms with Gasteiger partial charge in [0.15, 0.2) is 0 Å². The first-order chi connectivity index (χ1) is 15.6. The smallest absolute Gasteiger partial charge is 0.251 e. The summed E-state index contributed by atoms with van der Waals surface area (Å²) in [6.07, 6.45) is 6.09. The van der Waals surface area contributed by atoms with Crippen molar-refractivity contribution in [2.45, 2.75) is 30.2 Å². The van der Waals surface area contributed by atoms with Gasteiger partial charge in [-0.15, -0.1) is 0 Å². The predicted molar refractivity (Wildman–Crippen MR) is 137 cm³/mol. The highest BCUT2D eigenvalue weighted by molar-refractivity contribution is 9.10. The maximum Gasteiger partial charge on any atom is 0.251 e. The van der Waals surface area contributed by atoms with Crippen LogP contribution in [0.5, 0.6) is 0 Å². The topological polar surface area (TPSA) is 41.5 Å². The lowest BCUT2D eigenvalue weighted by atomic mass is 10.0. The van der Waals surface area contributed by atoms with Crippen LogP contribution in [0.2, 0.25) is 0 Å². The van der Waals surface area contributed by atoms with Gasteiger partial charge >= 0.3 is 0 Å². The highest BCUT2D eigenvalue weighted by atomic mass is 79.9. The highest BCUT2D eigenvalue weighted by Crippen LogP contribution is 2.41. The maximum atomic E-state index is 12.9. The van der Waals surface area contributed by atoms with E-state index in [-0.39, 0.29) is 5.91 Å². The van der Waals surface area contributed by atoms with Crippen molar-refractivity contribution in [2.75, 3.05) is 0 Å². The first-order valence-corrected chi connectivity index (χ1v) is 12.0. The van der Waals surface area contributed by atoms with E-state index in [2.05, 4.69) is 46.4 Å². The fourth-order valence-corrected chi connectivity index (χ4v) is 4.85. The van der Waals surface area contributed by atoms with Gasteiger partial charge in [0.2, 0.25) is 0 Å². The van der Waals surface area contributed by atoms with Crippen LogP contribution in [-0.4, -0.2) is 11.6 Å². The average molecular weight is 503 g/mol. The minimum Gasteiger partial charge on any atom is -0.348 e. The zero-order valence-corrected chi connectivity index (χ0v) is 20.3. The van der Waals surface area contributed by atoms with Crippen molar-refractivity contribution in [1.29, 1.82) is 0 Å². The maximum absolute atomic E-state index is 12.9. The number of hydrogen-bond donors (Lipinski definition) is 1. The molecule has 0 aromatic heterocycles. The molecule has 160 valence electrons. The molecule has 1 aliphatic heterocycles. The Morgan fingerprint density at radius 1 is 1.06 bits per heavy atom. The van der Waals surface area contributed by atoms with Crippen LogP contribution in [0, 0.1) is 0 Å². The number of nitrogens with one attached hydrogen (secondary N) is 1. The minimum absolute atomic E-state index is 0.117. The molecule has 0 saturated carbocycles. The Morgan fingerprint density at radius 2 is 1.84 bits per heavy atom. The summed E-state index contributed by atoms with van der Waals surface area (Å²) in [5.41, 5.74) is 5.55. The Kier molecular flexibility index (Phi) is 7.08. The number of rotatable bonds is 5. The van der Waals surface area contributed by atoms with Crippen molar-refractivity contribution >= 4 is 45.0 Å². The molecule has 0 spiro atoms. The van der Waals surface area contributed by atoms with Gasteiger partial charge in [-0.05, 0) is 55.3 Å². The molecule has 0 aliphatic carbocycles. The number of fused-ring (bicyclic) bond motifs is 2. The van der Waals surface area contributed by atoms with E-state index in [0.29, 0.717) is 12.1 Å². The summed E-state index contributed by atoms with van der Waals surface area (Å²) in [5, 5.41) is 3.01. The molecule has 4 rings (SSSR count). The van der Waals surface area contributed by atoms with Crippen molar-refractivity contribution in [1.82, 2.24) is 5.32 Å². The summed E-state index contributed by atoms with van der Waals surface area (Å²) in [5.74, 6) is -0.117. The monoisotopic (exact) mass is 502 g/mol. The number of carbonyl (C=O) groups is 1. The van der Waals surface area contributed by atoms with Crippen molar-refractivity contribution in [2.24, 2.45) is 4.99 Å². The van der Waals surface area contributed by atoms with Gasteiger partial charge in [-0.2, -0.15) is 0 Å². The van der Waals surface area contributed by atoms with Crippen molar-refractivity contribution in [3.63, 3.8) is 0 Å². The standard InChI is InChI=1S/C27H23BrN2OS/c1-3-4-9-18(2)26-21-11-6-8-13-24(21)32-25-15-14-19(16-23(25)30-26)27(31)29-17-20-10-5-7-12-22(20)28/h3-16H,17H2,1-2H3,(H,29,31)/b4-3-,18-9+. The minimum atomic E-state index is -0.117. The molecular formula is C27H23BrN2OS. The van der Waals surface area contributed by atoms with E-state index in [4.69, 9.17) is 4.99 Å². The number of aliphatic imine (C=N–C) groups is 1. The van der Waals surface area contributed by atoms with E-state index in [0.717, 1.165) is 42.4 Å². The summed E-state index contributed by atoms with van der Waals surface area (Å²) < 4.78 is 0.981. The van der Waals surface area contributed by atoms with E-state index in [1.54, 1.807) is 11.8 Å². The van der Waals surface area contributed by atoms with E-state index in [1.165, 1.54) is 0 Å². The van der Waals surface area contributed by atoms with Crippen LogP contribution in [-0.2, 0) is 6.54 Å². The van der Waals surface area contributed by atoms with Gasteiger partial charge in [-0.1, -0.05) is 82.3 Å². The Bertz CT molecular complexity index is 1260. The summed E-state index contributed by atoms with van der Waals surface area (Å²) in [4.78, 5) is 20.1. The van der Waals surface area contributed by atoms with Crippen LogP contribution in [0.15, 0.2) is 110 Å². The average Bonchev–Trinajstić information content (AvgIpc) is 2.98. The molecule has 0 radical (unpaired) electrons. The largest absolute Gasteiger partial charge is 0.348 e. The predicted octanol–water partition coefficient (Wildman–Crippen LogP) is 7.49. The van der Waals surface area contributed by atoms with Crippen LogP contribution in [0.25, 0.3) is 0 Å². The molecule has 3 aromatic rings. The van der Waals surface area contributed by atoms with E-state index in [9.17, 15) is 4.79 Å². The van der Waals surface area contributed by atoms with Gasteiger partial charge < -0.3 is 5.32 Å². The Morgan fingerprint density at radius 3 is 2.66 bits per heavy atom. The van der Waals surface area contributed by atoms with Crippen LogP contribution >= 0.6 is 27.7 Å². The van der Waals surface area contributed by atoms with Crippen LogP contribution in [0.4, 0.5) is 5.69 Å². The first kappa shape index (κ1) is 22.3. The second-order valence-electron chi connectivity index (χ2n) is 7.39. The van der Waals surface area contributed by atoms with E-state index in [1.807, 2.05) is 73.7 Å². The molecule has 32 heavy (non-hydrogen) atoms. The molecule has 0 bridgehead atoms. The Labute approximate surface area is 201 Å². The number of amides is 1. The molecule has 1 N–H and O–H groups in total. The molecule has 0 unspecified atom stereocenters. The lowest BCUT2D eigenvalue weighted by Gasteiger charge is -2.09. The van der Waals surface area contributed by atoms with Gasteiger partial charge in [0.25, 0.3) is 5.91 Å². The third-order valence-corrected chi connectivity index (χ3v) is 7.04. The molecule has 0 saturated heterocycles. The number of carbonyl (C=O) groups excluding carboxylic acids is 1. The number of halogens is 1. The molecule has 3 aromatic carbocycles. The third kappa shape index (κ3) is 4.95. The zero-order valence-electron chi connectivity index (χ0n) is 17.9. The lowest BCUT2D eigenvalue weighted by molar-refractivity contribution is 0.0951. The summed E-state index contributed by atoms with van der Waals surface area (Å²) in [7, 11) is 0. The Balaban J connectivity index is 1.67. The molecule has 1 heterocycles. The molecule has 1 amide bonds. The number of nitrogens with zero attached hydrogens (tertiary/aromatic N) is 1. The number of hydrogen-bond acceptors (Lipinski definition) is 3. The molecular weight excluding hydrogens is 480 g/mol. The molecule has 0 atom stereocenters. The van der Waals surface area contributed by atoms with Crippen LogP contribution in [0.3, 0.4) is 0 Å². The quantitative estimate of drug-likeness (QED) is 0.367. The highest BCUT2D eigenvalue weighted by Gasteiger charge is 2.19. The van der Waals surface area contributed by atoms with Crippen molar-refractivity contribution in [3.05, 3.63) is 112 Å². The van der Waals surface area contributed by atoms with Crippen molar-refractivity contribution in [3.8, 4) is 0 Å². The van der Waals surface area contributed by atoms with Gasteiger partial charge in [0.1, 0.15) is 0 Å². The third-order valence-electron chi connectivity index (χ3n) is 5.12. The zero-order chi connectivity index (χ0) is 22.5. The van der Waals surface area contributed by atoms with Crippen molar-refractivity contribution < 1.29 is 4.79 Å². The lowest BCUT2D eigenvalue weighted by Crippen LogP contribution is -2.22. The van der Waals surface area contributed by atoms with Gasteiger partial charge in [0.05, 0.1) is 11.4 Å². The van der Waals surface area contributed by atoms with E-state index < -0.39 is 0 Å². The fourth-order valence-electron chi connectivity index (χ4n) is 3.42.